The van der Waals surface area contributed by atoms with E-state index in [2.05, 4.69) is 17.1 Å². The number of nitrogens with zero attached hydrogens (tertiary/aromatic N) is 1. The summed E-state index contributed by atoms with van der Waals surface area (Å²) in [5.74, 6) is -0.233. The smallest absolute Gasteiger partial charge is 0.414 e. The molecule has 1 atom stereocenters. The molecule has 0 saturated carbocycles. The van der Waals surface area contributed by atoms with Crippen molar-refractivity contribution in [2.75, 3.05) is 13.1 Å². The van der Waals surface area contributed by atoms with Gasteiger partial charge in [-0.3, -0.25) is 15.0 Å². The number of likely N-dealkylation sites (tertiary alicyclic amines) is 1. The molecule has 0 radical (unpaired) electrons. The van der Waals surface area contributed by atoms with E-state index in [1.807, 2.05) is 0 Å². The van der Waals surface area contributed by atoms with Crippen molar-refractivity contribution in [2.45, 2.75) is 65.0 Å². The average molecular weight is 270 g/mol. The minimum absolute atomic E-state index is 0.181. The summed E-state index contributed by atoms with van der Waals surface area (Å²) in [4.78, 5) is 25.8. The molecule has 0 unspecified atom stereocenters. The molecule has 1 aliphatic heterocycles. The first-order valence-corrected chi connectivity index (χ1v) is 7.11. The molecule has 0 bridgehead atoms. The second-order valence-corrected chi connectivity index (χ2v) is 6.04. The fourth-order valence-corrected chi connectivity index (χ4v) is 2.24. The summed E-state index contributed by atoms with van der Waals surface area (Å²) >= 11 is 0. The van der Waals surface area contributed by atoms with Crippen LogP contribution in [-0.4, -0.2) is 41.6 Å². The number of ether oxygens (including phenoxy) is 1. The maximum atomic E-state index is 12.1. The predicted octanol–water partition coefficient (Wildman–Crippen LogP) is 2.30. The van der Waals surface area contributed by atoms with Crippen molar-refractivity contribution in [2.24, 2.45) is 0 Å². The fourth-order valence-electron chi connectivity index (χ4n) is 2.24. The molecule has 0 aromatic rings. The third-order valence-electron chi connectivity index (χ3n) is 3.09. The Hall–Kier alpha value is -1.10. The SMILES string of the molecule is CCCCN1CCC[C@@H]1C(=O)NC(=O)OC(C)(C)C. The maximum Gasteiger partial charge on any atom is 0.414 e. The normalized spacial score (nSPS) is 20.3. The minimum atomic E-state index is -0.653. The highest BCUT2D eigenvalue weighted by Crippen LogP contribution is 2.18. The van der Waals surface area contributed by atoms with Crippen molar-refractivity contribution in [3.05, 3.63) is 0 Å². The van der Waals surface area contributed by atoms with E-state index in [0.29, 0.717) is 0 Å². The van der Waals surface area contributed by atoms with Crippen LogP contribution in [-0.2, 0) is 9.53 Å². The van der Waals surface area contributed by atoms with E-state index in [1.165, 1.54) is 0 Å². The summed E-state index contributed by atoms with van der Waals surface area (Å²) in [7, 11) is 0. The second kappa shape index (κ2) is 6.89. The Morgan fingerprint density at radius 2 is 2.05 bits per heavy atom. The minimum Gasteiger partial charge on any atom is -0.444 e. The highest BCUT2D eigenvalue weighted by molar-refractivity contribution is 5.95. The average Bonchev–Trinajstić information content (AvgIpc) is 2.71. The highest BCUT2D eigenvalue weighted by atomic mass is 16.6. The van der Waals surface area contributed by atoms with Crippen molar-refractivity contribution in [3.8, 4) is 0 Å². The van der Waals surface area contributed by atoms with Gasteiger partial charge >= 0.3 is 6.09 Å². The van der Waals surface area contributed by atoms with Crippen LogP contribution in [0.2, 0.25) is 0 Å². The molecule has 5 heteroatoms. The standard InChI is InChI=1S/C14H26N2O3/c1-5-6-9-16-10-7-8-11(16)12(17)15-13(18)19-14(2,3)4/h11H,5-10H2,1-4H3,(H,15,17,18)/t11-/m1/s1. The van der Waals surface area contributed by atoms with Crippen LogP contribution in [0.5, 0.6) is 0 Å². The second-order valence-electron chi connectivity index (χ2n) is 6.04. The van der Waals surface area contributed by atoms with E-state index in [4.69, 9.17) is 4.74 Å². The first-order chi connectivity index (χ1) is 8.83. The molecular weight excluding hydrogens is 244 g/mol. The molecule has 2 amide bonds. The number of hydrogen-bond acceptors (Lipinski definition) is 4. The van der Waals surface area contributed by atoms with Gasteiger partial charge in [0.2, 0.25) is 5.91 Å². The molecule has 1 N–H and O–H groups in total. The van der Waals surface area contributed by atoms with Gasteiger partial charge in [0.25, 0.3) is 0 Å². The molecule has 1 saturated heterocycles. The molecule has 0 aromatic carbocycles. The van der Waals surface area contributed by atoms with Crippen molar-refractivity contribution < 1.29 is 14.3 Å². The quantitative estimate of drug-likeness (QED) is 0.851. The highest BCUT2D eigenvalue weighted by Gasteiger charge is 2.31. The number of unbranched alkanes of at least 4 members (excludes halogenated alkanes) is 1. The summed E-state index contributed by atoms with van der Waals surface area (Å²) in [6, 6.07) is -0.181. The predicted molar refractivity (Wildman–Crippen MR) is 73.9 cm³/mol. The first kappa shape index (κ1) is 16.0. The summed E-state index contributed by atoms with van der Waals surface area (Å²) < 4.78 is 5.09. The number of amides is 2. The van der Waals surface area contributed by atoms with Crippen molar-refractivity contribution in [3.63, 3.8) is 0 Å². The molecule has 0 spiro atoms. The van der Waals surface area contributed by atoms with Crippen molar-refractivity contribution >= 4 is 12.0 Å². The molecule has 1 heterocycles. The van der Waals surface area contributed by atoms with Gasteiger partial charge in [-0.05, 0) is 53.1 Å². The number of nitrogens with one attached hydrogen (secondary N) is 1. The van der Waals surface area contributed by atoms with E-state index >= 15 is 0 Å². The van der Waals surface area contributed by atoms with Crippen LogP contribution in [0.15, 0.2) is 0 Å². The van der Waals surface area contributed by atoms with E-state index in [1.54, 1.807) is 20.8 Å². The molecule has 5 nitrogen and oxygen atoms in total. The zero-order valence-electron chi connectivity index (χ0n) is 12.5. The van der Waals surface area contributed by atoms with Gasteiger partial charge in [0.15, 0.2) is 0 Å². The summed E-state index contributed by atoms with van der Waals surface area (Å²) in [5.41, 5.74) is -0.581. The lowest BCUT2D eigenvalue weighted by molar-refractivity contribution is -0.125. The molecular formula is C14H26N2O3. The van der Waals surface area contributed by atoms with Crippen LogP contribution in [0.3, 0.4) is 0 Å². The molecule has 110 valence electrons. The molecule has 19 heavy (non-hydrogen) atoms. The fraction of sp³-hybridized carbons (Fsp3) is 0.857. The summed E-state index contributed by atoms with van der Waals surface area (Å²) in [5, 5.41) is 2.34. The van der Waals surface area contributed by atoms with Crippen molar-refractivity contribution in [1.29, 1.82) is 0 Å². The molecule has 0 aliphatic carbocycles. The van der Waals surface area contributed by atoms with Gasteiger partial charge < -0.3 is 4.74 Å². The lowest BCUT2D eigenvalue weighted by Gasteiger charge is -2.24. The first-order valence-electron chi connectivity index (χ1n) is 7.11. The Morgan fingerprint density at radius 1 is 1.37 bits per heavy atom. The van der Waals surface area contributed by atoms with Gasteiger partial charge in [-0.15, -0.1) is 0 Å². The van der Waals surface area contributed by atoms with Crippen LogP contribution < -0.4 is 5.32 Å². The molecule has 1 fully saturated rings. The molecule has 1 rings (SSSR count). The lowest BCUT2D eigenvalue weighted by Crippen LogP contribution is -2.47. The zero-order valence-corrected chi connectivity index (χ0v) is 12.5. The van der Waals surface area contributed by atoms with Crippen LogP contribution in [0.1, 0.15) is 53.4 Å². The van der Waals surface area contributed by atoms with Crippen LogP contribution in [0, 0.1) is 0 Å². The van der Waals surface area contributed by atoms with Gasteiger partial charge in [-0.25, -0.2) is 4.79 Å². The Morgan fingerprint density at radius 3 is 2.63 bits per heavy atom. The molecule has 1 aliphatic rings. The van der Waals surface area contributed by atoms with Crippen LogP contribution in [0.4, 0.5) is 4.79 Å². The van der Waals surface area contributed by atoms with Gasteiger partial charge in [0.05, 0.1) is 6.04 Å². The number of imide groups is 1. The Kier molecular flexibility index (Phi) is 5.79. The van der Waals surface area contributed by atoms with Gasteiger partial charge in [0, 0.05) is 0 Å². The van der Waals surface area contributed by atoms with Crippen LogP contribution in [0.25, 0.3) is 0 Å². The monoisotopic (exact) mass is 270 g/mol. The summed E-state index contributed by atoms with van der Waals surface area (Å²) in [6.45, 7) is 9.32. The van der Waals surface area contributed by atoms with E-state index in [9.17, 15) is 9.59 Å². The number of hydrogen-bond donors (Lipinski definition) is 1. The van der Waals surface area contributed by atoms with Gasteiger partial charge in [-0.2, -0.15) is 0 Å². The maximum absolute atomic E-state index is 12.1. The number of carbonyl (C=O) groups excluding carboxylic acids is 2. The Bertz CT molecular complexity index is 323. The van der Waals surface area contributed by atoms with Gasteiger partial charge in [0.1, 0.15) is 5.60 Å². The van der Waals surface area contributed by atoms with E-state index in [-0.39, 0.29) is 11.9 Å². The van der Waals surface area contributed by atoms with Crippen LogP contribution >= 0.6 is 0 Å². The topological polar surface area (TPSA) is 58.6 Å². The summed E-state index contributed by atoms with van der Waals surface area (Å²) in [6.07, 6.45) is 3.36. The molecule has 0 aromatic heterocycles. The third kappa shape index (κ3) is 5.59. The number of rotatable bonds is 4. The van der Waals surface area contributed by atoms with E-state index < -0.39 is 11.7 Å². The largest absolute Gasteiger partial charge is 0.444 e. The lowest BCUT2D eigenvalue weighted by atomic mass is 10.2. The number of alkyl carbamates (subject to hydrolysis) is 1. The van der Waals surface area contributed by atoms with E-state index in [0.717, 1.165) is 38.8 Å². The zero-order chi connectivity index (χ0) is 14.5. The Balaban J connectivity index is 2.45. The van der Waals surface area contributed by atoms with Gasteiger partial charge in [-0.1, -0.05) is 13.3 Å². The van der Waals surface area contributed by atoms with Crippen molar-refractivity contribution in [1.82, 2.24) is 10.2 Å². The Labute approximate surface area is 115 Å². The number of carbonyl (C=O) groups is 2. The third-order valence-corrected chi connectivity index (χ3v) is 3.09.